The zero-order valence-electron chi connectivity index (χ0n) is 14.6. The van der Waals surface area contributed by atoms with Crippen LogP contribution in [-0.4, -0.2) is 13.3 Å². The van der Waals surface area contributed by atoms with Crippen LogP contribution in [0.3, 0.4) is 0 Å². The number of rotatable bonds is 7. The molecule has 11 heteroatoms. The normalized spacial score (nSPS) is 12.1. The van der Waals surface area contributed by atoms with Gasteiger partial charge in [-0.2, -0.15) is 0 Å². The largest absolute Gasteiger partial charge is 0.796 e. The SMILES string of the molecule is O=C(/C=C(/C=C/c1ccc(F)c(F)c1F)OB(F)F)/C=C/c1ccc(F)c(F)c1F. The summed E-state index contributed by atoms with van der Waals surface area (Å²) < 4.78 is 108. The van der Waals surface area contributed by atoms with E-state index in [0.717, 1.165) is 24.3 Å². The summed E-state index contributed by atoms with van der Waals surface area (Å²) in [6, 6.07) is 2.87. The van der Waals surface area contributed by atoms with Gasteiger partial charge in [-0.05, 0) is 48.6 Å². The summed E-state index contributed by atoms with van der Waals surface area (Å²) >= 11 is 0. The predicted octanol–water partition coefficient (Wildman–Crippen LogP) is 5.64. The van der Waals surface area contributed by atoms with E-state index in [-0.39, 0.29) is 0 Å². The molecule has 2 rings (SSSR count). The van der Waals surface area contributed by atoms with Gasteiger partial charge in [0.25, 0.3) is 0 Å². The molecule has 0 aliphatic heterocycles. The molecule has 0 aliphatic carbocycles. The summed E-state index contributed by atoms with van der Waals surface area (Å²) in [5.41, 5.74) is -1.02. The summed E-state index contributed by atoms with van der Waals surface area (Å²) in [6.07, 6.45) is 3.34. The smallest absolute Gasteiger partial charge is 0.505 e. The maximum absolute atomic E-state index is 13.6. The van der Waals surface area contributed by atoms with Crippen LogP contribution in [-0.2, 0) is 9.45 Å². The highest BCUT2D eigenvalue weighted by Gasteiger charge is 2.19. The average Bonchev–Trinajstić information content (AvgIpc) is 2.68. The van der Waals surface area contributed by atoms with Gasteiger partial charge in [0.05, 0.1) is 0 Å². The summed E-state index contributed by atoms with van der Waals surface area (Å²) in [7, 11) is -3.39. The first-order chi connectivity index (χ1) is 14.1. The Morgan fingerprint density at radius 2 is 1.20 bits per heavy atom. The minimum absolute atomic E-state index is 0.494. The molecule has 156 valence electrons. The molecule has 0 aliphatic rings. The highest BCUT2D eigenvalue weighted by Crippen LogP contribution is 2.19. The highest BCUT2D eigenvalue weighted by atomic mass is 19.2. The molecule has 0 bridgehead atoms. The zero-order valence-corrected chi connectivity index (χ0v) is 14.6. The molecule has 0 saturated carbocycles. The summed E-state index contributed by atoms with van der Waals surface area (Å²) in [6.45, 7) is 0. The van der Waals surface area contributed by atoms with Crippen LogP contribution in [0.5, 0.6) is 0 Å². The Bertz CT molecular complexity index is 1050. The van der Waals surface area contributed by atoms with Crippen molar-refractivity contribution in [2.75, 3.05) is 0 Å². The van der Waals surface area contributed by atoms with Crippen molar-refractivity contribution in [1.82, 2.24) is 0 Å². The van der Waals surface area contributed by atoms with Gasteiger partial charge >= 0.3 is 7.47 Å². The fourth-order valence-corrected chi connectivity index (χ4v) is 2.10. The third kappa shape index (κ3) is 5.82. The van der Waals surface area contributed by atoms with Crippen molar-refractivity contribution in [1.29, 1.82) is 0 Å². The van der Waals surface area contributed by atoms with E-state index >= 15 is 0 Å². The van der Waals surface area contributed by atoms with Crippen molar-refractivity contribution in [2.45, 2.75) is 0 Å². The minimum Gasteiger partial charge on any atom is -0.505 e. The highest BCUT2D eigenvalue weighted by molar-refractivity contribution is 6.35. The molecule has 2 nitrogen and oxygen atoms in total. The maximum Gasteiger partial charge on any atom is 0.796 e. The number of benzene rings is 2. The number of hydrogen-bond donors (Lipinski definition) is 0. The molecule has 0 aromatic heterocycles. The van der Waals surface area contributed by atoms with Gasteiger partial charge in [0, 0.05) is 17.2 Å². The van der Waals surface area contributed by atoms with Crippen LogP contribution >= 0.6 is 0 Å². The van der Waals surface area contributed by atoms with Crippen molar-refractivity contribution in [3.63, 3.8) is 0 Å². The van der Waals surface area contributed by atoms with E-state index < -0.39 is 65.0 Å². The molecule has 0 heterocycles. The summed E-state index contributed by atoms with van der Waals surface area (Å²) in [5, 5.41) is 0. The van der Waals surface area contributed by atoms with Crippen molar-refractivity contribution in [3.05, 3.63) is 94.3 Å². The number of hydrogen-bond acceptors (Lipinski definition) is 2. The fraction of sp³-hybridized carbons (Fsp3) is 0. The quantitative estimate of drug-likeness (QED) is 0.141. The maximum atomic E-state index is 13.6. The van der Waals surface area contributed by atoms with E-state index in [1.807, 2.05) is 0 Å². The Morgan fingerprint density at radius 3 is 1.67 bits per heavy atom. The first kappa shape index (κ1) is 22.9. The van der Waals surface area contributed by atoms with Gasteiger partial charge < -0.3 is 4.65 Å². The van der Waals surface area contributed by atoms with Gasteiger partial charge in [-0.3, -0.25) is 4.79 Å². The van der Waals surface area contributed by atoms with Gasteiger partial charge in [0.1, 0.15) is 5.76 Å². The van der Waals surface area contributed by atoms with Crippen LogP contribution in [0.2, 0.25) is 0 Å². The van der Waals surface area contributed by atoms with Crippen LogP contribution in [0.25, 0.3) is 12.2 Å². The molecule has 0 atom stereocenters. The number of carbonyl (C=O) groups excluding carboxylic acids is 1. The summed E-state index contributed by atoms with van der Waals surface area (Å²) in [4.78, 5) is 11.9. The van der Waals surface area contributed by atoms with Gasteiger partial charge in [-0.25, -0.2) is 35.0 Å². The second kappa shape index (κ2) is 9.90. The molecule has 0 saturated heterocycles. The van der Waals surface area contributed by atoms with Crippen LogP contribution in [0.4, 0.5) is 35.0 Å². The van der Waals surface area contributed by atoms with Crippen molar-refractivity contribution >= 4 is 25.4 Å². The van der Waals surface area contributed by atoms with Gasteiger partial charge in [-0.1, -0.05) is 0 Å². The van der Waals surface area contributed by atoms with Crippen molar-refractivity contribution in [2.24, 2.45) is 0 Å². The zero-order chi connectivity index (χ0) is 22.4. The monoisotopic (exact) mass is 432 g/mol. The molecule has 0 amide bonds. The Labute approximate surface area is 165 Å². The van der Waals surface area contributed by atoms with E-state index in [0.29, 0.717) is 30.4 Å². The molecule has 0 radical (unpaired) electrons. The first-order valence-corrected chi connectivity index (χ1v) is 7.93. The molecule has 0 unspecified atom stereocenters. The van der Waals surface area contributed by atoms with Crippen LogP contribution in [0.15, 0.2) is 48.3 Å². The van der Waals surface area contributed by atoms with E-state index in [4.69, 9.17) is 0 Å². The lowest BCUT2D eigenvalue weighted by Crippen LogP contribution is -2.05. The third-order valence-electron chi connectivity index (χ3n) is 3.49. The fourth-order valence-electron chi connectivity index (χ4n) is 2.10. The van der Waals surface area contributed by atoms with Gasteiger partial charge in [-0.15, -0.1) is 0 Å². The lowest BCUT2D eigenvalue weighted by molar-refractivity contribution is -0.110. The van der Waals surface area contributed by atoms with Crippen LogP contribution < -0.4 is 0 Å². The van der Waals surface area contributed by atoms with Crippen molar-refractivity contribution < 1.29 is 44.4 Å². The lowest BCUT2D eigenvalue weighted by Gasteiger charge is -2.04. The molecular formula is C19H9BF8O2. The average molecular weight is 432 g/mol. The van der Waals surface area contributed by atoms with E-state index in [1.54, 1.807) is 0 Å². The Morgan fingerprint density at radius 1 is 0.733 bits per heavy atom. The molecular weight excluding hydrogens is 423 g/mol. The van der Waals surface area contributed by atoms with E-state index in [1.165, 1.54) is 0 Å². The summed E-state index contributed by atoms with van der Waals surface area (Å²) in [5.74, 6) is -11.5. The number of halogens is 8. The molecule has 0 spiro atoms. The van der Waals surface area contributed by atoms with Crippen LogP contribution in [0.1, 0.15) is 11.1 Å². The van der Waals surface area contributed by atoms with Crippen molar-refractivity contribution in [3.8, 4) is 0 Å². The number of allylic oxidation sites excluding steroid dienone is 3. The lowest BCUT2D eigenvalue weighted by atomic mass is 10.1. The third-order valence-corrected chi connectivity index (χ3v) is 3.49. The Hall–Kier alpha value is -3.37. The topological polar surface area (TPSA) is 26.3 Å². The first-order valence-electron chi connectivity index (χ1n) is 7.93. The molecule has 0 N–H and O–H groups in total. The Kier molecular flexibility index (Phi) is 7.57. The number of ketones is 1. The second-order valence-electron chi connectivity index (χ2n) is 5.52. The van der Waals surface area contributed by atoms with Gasteiger partial charge in [0.2, 0.25) is 0 Å². The number of carbonyl (C=O) groups is 1. The molecule has 2 aromatic carbocycles. The van der Waals surface area contributed by atoms with E-state index in [9.17, 15) is 39.8 Å². The predicted molar refractivity (Wildman–Crippen MR) is 92.8 cm³/mol. The second-order valence-corrected chi connectivity index (χ2v) is 5.52. The molecule has 30 heavy (non-hydrogen) atoms. The van der Waals surface area contributed by atoms with Gasteiger partial charge in [0.15, 0.2) is 40.7 Å². The minimum atomic E-state index is -3.39. The standard InChI is InChI=1S/C19H9BF8O2/c21-14-7-3-10(16(23)18(14)25)1-5-12(29)9-13(30-20(27)28)6-2-11-4-8-15(22)19(26)17(11)24/h1-9H/b5-1+,6-2+,13-9-. The molecule has 0 fully saturated rings. The Balaban J connectivity index is 2.27. The van der Waals surface area contributed by atoms with Crippen LogP contribution in [0, 0.1) is 34.9 Å². The van der Waals surface area contributed by atoms with E-state index in [2.05, 4.69) is 4.65 Å². The molecule has 2 aromatic rings.